The smallest absolute Gasteiger partial charge is 0.175 e. The Kier molecular flexibility index (Phi) is 10.6. The zero-order valence-corrected chi connectivity index (χ0v) is 17.3. The van der Waals surface area contributed by atoms with Gasteiger partial charge in [0.1, 0.15) is 0 Å². The molecule has 138 valence electrons. The number of rotatable bonds is 10. The summed E-state index contributed by atoms with van der Waals surface area (Å²) < 4.78 is 12.3. The lowest BCUT2D eigenvalue weighted by molar-refractivity contribution is 0.286. The lowest BCUT2D eigenvalue weighted by Crippen LogP contribution is -2.16. The summed E-state index contributed by atoms with van der Waals surface area (Å²) in [6.45, 7) is 4.61. The van der Waals surface area contributed by atoms with E-state index >= 15 is 0 Å². The zero-order chi connectivity index (χ0) is 17.2. The molecule has 25 heavy (non-hydrogen) atoms. The Morgan fingerprint density at radius 2 is 1.84 bits per heavy atom. The number of hydrogen-bond donors (Lipinski definition) is 1. The van der Waals surface area contributed by atoms with Crippen LogP contribution >= 0.6 is 28.3 Å². The number of halogens is 2. The number of nitrogens with one attached hydrogen (secondary N) is 1. The fraction of sp³-hybridized carbons (Fsp3) is 0.400. The van der Waals surface area contributed by atoms with Gasteiger partial charge in [-0.3, -0.25) is 0 Å². The summed E-state index contributed by atoms with van der Waals surface area (Å²) in [4.78, 5) is 0. The van der Waals surface area contributed by atoms with Crippen molar-refractivity contribution in [3.63, 3.8) is 0 Å². The van der Waals surface area contributed by atoms with Gasteiger partial charge in [0.25, 0.3) is 0 Å². The molecule has 0 aliphatic rings. The number of methoxy groups -OCH3 is 1. The van der Waals surface area contributed by atoms with Crippen LogP contribution in [0.1, 0.15) is 30.9 Å². The Hall–Kier alpha value is -1.23. The molecule has 0 radical (unpaired) electrons. The average molecular weight is 429 g/mol. The average Bonchev–Trinajstić information content (AvgIpc) is 2.61. The molecule has 0 bridgehead atoms. The Labute approximate surface area is 165 Å². The van der Waals surface area contributed by atoms with Crippen molar-refractivity contribution < 1.29 is 9.47 Å². The quantitative estimate of drug-likeness (QED) is 0.515. The van der Waals surface area contributed by atoms with Gasteiger partial charge in [-0.25, -0.2) is 0 Å². The Morgan fingerprint density at radius 3 is 2.52 bits per heavy atom. The van der Waals surface area contributed by atoms with Crippen molar-refractivity contribution in [2.24, 2.45) is 0 Å². The Bertz CT molecular complexity index is 623. The number of unbranched alkanes of at least 4 members (excludes halogenated alkanes) is 1. The third kappa shape index (κ3) is 7.27. The topological polar surface area (TPSA) is 30.5 Å². The van der Waals surface area contributed by atoms with Crippen molar-refractivity contribution in [3.8, 4) is 11.5 Å². The largest absolute Gasteiger partial charge is 0.493 e. The Morgan fingerprint density at radius 1 is 1.08 bits per heavy atom. The van der Waals surface area contributed by atoms with Crippen LogP contribution in [0.4, 0.5) is 0 Å². The van der Waals surface area contributed by atoms with Crippen LogP contribution < -0.4 is 14.8 Å². The molecule has 0 unspecified atom stereocenters. The van der Waals surface area contributed by atoms with Gasteiger partial charge < -0.3 is 14.8 Å². The van der Waals surface area contributed by atoms with E-state index in [1.54, 1.807) is 7.11 Å². The van der Waals surface area contributed by atoms with E-state index < -0.39 is 0 Å². The van der Waals surface area contributed by atoms with Crippen LogP contribution in [-0.2, 0) is 13.0 Å². The normalized spacial score (nSPS) is 10.2. The second kappa shape index (κ2) is 12.2. The highest BCUT2D eigenvalue weighted by molar-refractivity contribution is 9.10. The molecule has 5 heteroatoms. The minimum atomic E-state index is 0. The van der Waals surface area contributed by atoms with Gasteiger partial charge in [0, 0.05) is 6.54 Å². The molecule has 1 N–H and O–H groups in total. The summed E-state index contributed by atoms with van der Waals surface area (Å²) in [5.74, 6) is 1.57. The van der Waals surface area contributed by atoms with Crippen LogP contribution in [0.25, 0.3) is 0 Å². The molecule has 0 aromatic heterocycles. The molecule has 0 spiro atoms. The molecule has 2 aromatic carbocycles. The van der Waals surface area contributed by atoms with Crippen molar-refractivity contribution in [1.29, 1.82) is 0 Å². The predicted octanol–water partition coefficient (Wildman–Crippen LogP) is 5.39. The molecule has 0 atom stereocenters. The molecule has 3 nitrogen and oxygen atoms in total. The lowest BCUT2D eigenvalue weighted by Gasteiger charge is -2.14. The third-order valence-electron chi connectivity index (χ3n) is 3.80. The summed E-state index contributed by atoms with van der Waals surface area (Å²) in [6, 6.07) is 14.7. The fourth-order valence-electron chi connectivity index (χ4n) is 2.44. The van der Waals surface area contributed by atoms with Gasteiger partial charge in [-0.15, -0.1) is 12.4 Å². The first-order valence-corrected chi connectivity index (χ1v) is 9.27. The Balaban J connectivity index is 0.00000312. The number of hydrogen-bond acceptors (Lipinski definition) is 3. The first-order chi connectivity index (χ1) is 11.7. The minimum Gasteiger partial charge on any atom is -0.493 e. The predicted molar refractivity (Wildman–Crippen MR) is 110 cm³/mol. The van der Waals surface area contributed by atoms with Gasteiger partial charge in [-0.05, 0) is 58.6 Å². The van der Waals surface area contributed by atoms with Gasteiger partial charge in [-0.1, -0.05) is 43.7 Å². The van der Waals surface area contributed by atoms with Gasteiger partial charge in [0.15, 0.2) is 11.5 Å². The standard InChI is InChI=1S/C20H26BrNO2.ClH/c1-3-4-12-24-20-18(21)13-17(14-19(20)23-2)15-22-11-10-16-8-6-5-7-9-16;/h5-9,13-14,22H,3-4,10-12,15H2,1-2H3;1H. The van der Waals surface area contributed by atoms with Crippen molar-refractivity contribution in [2.45, 2.75) is 32.7 Å². The van der Waals surface area contributed by atoms with Crippen LogP contribution in [0.2, 0.25) is 0 Å². The van der Waals surface area contributed by atoms with E-state index in [0.29, 0.717) is 6.61 Å². The molecule has 0 heterocycles. The van der Waals surface area contributed by atoms with Crippen molar-refractivity contribution >= 4 is 28.3 Å². The van der Waals surface area contributed by atoms with Gasteiger partial charge in [-0.2, -0.15) is 0 Å². The van der Waals surface area contributed by atoms with E-state index in [-0.39, 0.29) is 12.4 Å². The molecule has 0 saturated carbocycles. The van der Waals surface area contributed by atoms with Crippen LogP contribution in [-0.4, -0.2) is 20.3 Å². The van der Waals surface area contributed by atoms with Crippen LogP contribution in [0.3, 0.4) is 0 Å². The van der Waals surface area contributed by atoms with Crippen molar-refractivity contribution in [2.75, 3.05) is 20.3 Å². The maximum atomic E-state index is 5.85. The van der Waals surface area contributed by atoms with Crippen LogP contribution in [0.15, 0.2) is 46.9 Å². The maximum absolute atomic E-state index is 5.85. The molecule has 0 amide bonds. The first kappa shape index (κ1) is 21.8. The van der Waals surface area contributed by atoms with Gasteiger partial charge in [0.2, 0.25) is 0 Å². The van der Waals surface area contributed by atoms with Crippen LogP contribution in [0.5, 0.6) is 11.5 Å². The van der Waals surface area contributed by atoms with Gasteiger partial charge in [0.05, 0.1) is 18.2 Å². The lowest BCUT2D eigenvalue weighted by atomic mass is 10.1. The first-order valence-electron chi connectivity index (χ1n) is 8.48. The molecular formula is C20H27BrClNO2. The molecule has 0 saturated heterocycles. The highest BCUT2D eigenvalue weighted by Crippen LogP contribution is 2.36. The summed E-state index contributed by atoms with van der Waals surface area (Å²) >= 11 is 3.60. The summed E-state index contributed by atoms with van der Waals surface area (Å²) in [6.07, 6.45) is 3.18. The van der Waals surface area contributed by atoms with E-state index in [9.17, 15) is 0 Å². The van der Waals surface area contributed by atoms with Crippen molar-refractivity contribution in [3.05, 3.63) is 58.1 Å². The van der Waals surface area contributed by atoms with E-state index in [0.717, 1.165) is 48.3 Å². The summed E-state index contributed by atoms with van der Waals surface area (Å²) in [5, 5.41) is 3.48. The fourth-order valence-corrected chi connectivity index (χ4v) is 3.05. The number of benzene rings is 2. The van der Waals surface area contributed by atoms with Crippen molar-refractivity contribution in [1.82, 2.24) is 5.32 Å². The molecular weight excluding hydrogens is 402 g/mol. The maximum Gasteiger partial charge on any atom is 0.175 e. The summed E-state index contributed by atoms with van der Waals surface area (Å²) in [7, 11) is 1.68. The highest BCUT2D eigenvalue weighted by atomic mass is 79.9. The molecule has 0 fully saturated rings. The second-order valence-electron chi connectivity index (χ2n) is 5.72. The van der Waals surface area contributed by atoms with E-state index in [2.05, 4.69) is 58.5 Å². The van der Waals surface area contributed by atoms with Gasteiger partial charge >= 0.3 is 0 Å². The SMILES string of the molecule is CCCCOc1c(Br)cc(CNCCc2ccccc2)cc1OC.Cl. The second-order valence-corrected chi connectivity index (χ2v) is 6.58. The third-order valence-corrected chi connectivity index (χ3v) is 4.38. The van der Waals surface area contributed by atoms with Crippen LogP contribution in [0, 0.1) is 0 Å². The zero-order valence-electron chi connectivity index (χ0n) is 14.9. The van der Waals surface area contributed by atoms with E-state index in [4.69, 9.17) is 9.47 Å². The van der Waals surface area contributed by atoms with E-state index in [1.165, 1.54) is 11.1 Å². The molecule has 0 aliphatic carbocycles. The molecule has 2 aromatic rings. The molecule has 0 aliphatic heterocycles. The minimum absolute atomic E-state index is 0. The summed E-state index contributed by atoms with van der Waals surface area (Å²) in [5.41, 5.74) is 2.53. The monoisotopic (exact) mass is 427 g/mol. The molecule has 2 rings (SSSR count). The highest BCUT2D eigenvalue weighted by Gasteiger charge is 2.11. The van der Waals surface area contributed by atoms with E-state index in [1.807, 2.05) is 12.1 Å². The number of ether oxygens (including phenoxy) is 2.